The van der Waals surface area contributed by atoms with Gasteiger partial charge in [-0.15, -0.1) is 0 Å². The zero-order valence-electron chi connectivity index (χ0n) is 10.4. The van der Waals surface area contributed by atoms with E-state index >= 15 is 0 Å². The number of nitrogens with one attached hydrogen (secondary N) is 1. The summed E-state index contributed by atoms with van der Waals surface area (Å²) >= 11 is 1.80. The molecule has 0 unspecified atom stereocenters. The number of rotatable bonds is 8. The van der Waals surface area contributed by atoms with Gasteiger partial charge < -0.3 is 5.73 Å². The Morgan fingerprint density at radius 1 is 1.39 bits per heavy atom. The Hall–Kier alpha value is -0.790. The molecule has 1 heterocycles. The molecule has 0 bridgehead atoms. The van der Waals surface area contributed by atoms with Crippen LogP contribution in [0.3, 0.4) is 0 Å². The van der Waals surface area contributed by atoms with Crippen LogP contribution in [-0.4, -0.2) is 32.0 Å². The van der Waals surface area contributed by atoms with Gasteiger partial charge in [0.2, 0.25) is 10.0 Å². The lowest BCUT2D eigenvalue weighted by Crippen LogP contribution is -2.25. The van der Waals surface area contributed by atoms with E-state index in [1.54, 1.807) is 17.8 Å². The molecule has 5 nitrogen and oxygen atoms in total. The standard InChI is InChI=1S/C11H19N3O2S2/c1-17-9-4-2-3-8-14-18(15,16)10-6-5-7-13-11(10)12/h5-7,14H,2-4,8-9H2,1H3,(H2,12,13). The molecule has 0 aliphatic rings. The third-order valence-electron chi connectivity index (χ3n) is 2.41. The van der Waals surface area contributed by atoms with Crippen LogP contribution in [0.1, 0.15) is 19.3 Å². The fraction of sp³-hybridized carbons (Fsp3) is 0.545. The summed E-state index contributed by atoms with van der Waals surface area (Å²) in [6, 6.07) is 3.02. The number of pyridine rings is 1. The molecule has 1 aromatic rings. The van der Waals surface area contributed by atoms with Crippen molar-refractivity contribution in [3.05, 3.63) is 18.3 Å². The first kappa shape index (κ1) is 15.3. The summed E-state index contributed by atoms with van der Waals surface area (Å²) in [7, 11) is -3.53. The molecule has 0 fully saturated rings. The van der Waals surface area contributed by atoms with E-state index in [0.717, 1.165) is 25.0 Å². The van der Waals surface area contributed by atoms with Crippen molar-refractivity contribution in [2.24, 2.45) is 0 Å². The van der Waals surface area contributed by atoms with Gasteiger partial charge in [0, 0.05) is 12.7 Å². The van der Waals surface area contributed by atoms with Crippen molar-refractivity contribution in [2.75, 3.05) is 24.3 Å². The van der Waals surface area contributed by atoms with Crippen molar-refractivity contribution in [2.45, 2.75) is 24.2 Å². The number of hydrogen-bond acceptors (Lipinski definition) is 5. The maximum Gasteiger partial charge on any atom is 0.244 e. The van der Waals surface area contributed by atoms with Gasteiger partial charge in [0.25, 0.3) is 0 Å². The minimum Gasteiger partial charge on any atom is -0.383 e. The first-order chi connectivity index (χ1) is 8.58. The van der Waals surface area contributed by atoms with Gasteiger partial charge >= 0.3 is 0 Å². The zero-order valence-corrected chi connectivity index (χ0v) is 12.1. The number of hydrogen-bond donors (Lipinski definition) is 2. The Labute approximate surface area is 113 Å². The van der Waals surface area contributed by atoms with Crippen LogP contribution in [0, 0.1) is 0 Å². The van der Waals surface area contributed by atoms with Crippen molar-refractivity contribution < 1.29 is 8.42 Å². The quantitative estimate of drug-likeness (QED) is 0.708. The molecule has 3 N–H and O–H groups in total. The van der Waals surface area contributed by atoms with Gasteiger partial charge in [-0.3, -0.25) is 0 Å². The lowest BCUT2D eigenvalue weighted by Gasteiger charge is -2.07. The third-order valence-corrected chi connectivity index (χ3v) is 4.61. The number of sulfonamides is 1. The summed E-state index contributed by atoms with van der Waals surface area (Å²) in [6.07, 6.45) is 6.49. The van der Waals surface area contributed by atoms with Crippen LogP contribution in [0.4, 0.5) is 5.82 Å². The maximum absolute atomic E-state index is 11.9. The number of aromatic nitrogens is 1. The highest BCUT2D eigenvalue weighted by Crippen LogP contribution is 2.14. The second-order valence-corrected chi connectivity index (χ2v) is 6.56. The summed E-state index contributed by atoms with van der Waals surface area (Å²) in [5.41, 5.74) is 5.54. The Kier molecular flexibility index (Phi) is 6.45. The maximum atomic E-state index is 11.9. The van der Waals surface area contributed by atoms with Crippen LogP contribution in [0.5, 0.6) is 0 Å². The first-order valence-electron chi connectivity index (χ1n) is 5.77. The molecule has 18 heavy (non-hydrogen) atoms. The fourth-order valence-electron chi connectivity index (χ4n) is 1.46. The number of thioether (sulfide) groups is 1. The SMILES string of the molecule is CSCCCCCNS(=O)(=O)c1cccnc1N. The molecule has 7 heteroatoms. The summed E-state index contributed by atoms with van der Waals surface area (Å²) < 4.78 is 26.4. The molecule has 0 spiro atoms. The molecule has 102 valence electrons. The van der Waals surface area contributed by atoms with Gasteiger partial charge in [-0.05, 0) is 37.0 Å². The molecule has 0 aliphatic carbocycles. The normalized spacial score (nSPS) is 11.6. The molecular weight excluding hydrogens is 270 g/mol. The van der Waals surface area contributed by atoms with Crippen LogP contribution < -0.4 is 10.5 Å². The Morgan fingerprint density at radius 2 is 2.17 bits per heavy atom. The average molecular weight is 289 g/mol. The third kappa shape index (κ3) is 4.83. The van der Waals surface area contributed by atoms with Crippen LogP contribution in [-0.2, 0) is 10.0 Å². The second kappa shape index (κ2) is 7.60. The smallest absolute Gasteiger partial charge is 0.244 e. The predicted octanol–water partition coefficient (Wildman–Crippen LogP) is 1.48. The summed E-state index contributed by atoms with van der Waals surface area (Å²) in [5.74, 6) is 1.15. The van der Waals surface area contributed by atoms with Crippen molar-refractivity contribution in [3.8, 4) is 0 Å². The molecule has 0 saturated carbocycles. The van der Waals surface area contributed by atoms with Gasteiger partial charge in [0.15, 0.2) is 0 Å². The lowest BCUT2D eigenvalue weighted by molar-refractivity contribution is 0.576. The van der Waals surface area contributed by atoms with Crippen LogP contribution in [0.2, 0.25) is 0 Å². The van der Waals surface area contributed by atoms with Gasteiger partial charge in [-0.25, -0.2) is 18.1 Å². The average Bonchev–Trinajstić information content (AvgIpc) is 2.34. The summed E-state index contributed by atoms with van der Waals surface area (Å²) in [5, 5.41) is 0. The van der Waals surface area contributed by atoms with Crippen LogP contribution >= 0.6 is 11.8 Å². The van der Waals surface area contributed by atoms with E-state index < -0.39 is 10.0 Å². The lowest BCUT2D eigenvalue weighted by atomic mass is 10.2. The highest BCUT2D eigenvalue weighted by atomic mass is 32.2. The number of nitrogens with zero attached hydrogens (tertiary/aromatic N) is 1. The molecule has 0 atom stereocenters. The fourth-order valence-corrected chi connectivity index (χ4v) is 3.11. The minimum absolute atomic E-state index is 0.0346. The zero-order chi connectivity index (χ0) is 13.4. The number of nitrogen functional groups attached to an aromatic ring is 1. The van der Waals surface area contributed by atoms with E-state index in [1.165, 1.54) is 12.3 Å². The summed E-state index contributed by atoms with van der Waals surface area (Å²) in [6.45, 7) is 0.436. The van der Waals surface area contributed by atoms with E-state index in [0.29, 0.717) is 6.54 Å². The molecular formula is C11H19N3O2S2. The highest BCUT2D eigenvalue weighted by Gasteiger charge is 2.16. The minimum atomic E-state index is -3.53. The topological polar surface area (TPSA) is 85.1 Å². The Balaban J connectivity index is 2.44. The van der Waals surface area contributed by atoms with E-state index in [-0.39, 0.29) is 10.7 Å². The second-order valence-electron chi connectivity index (χ2n) is 3.84. The van der Waals surface area contributed by atoms with Gasteiger partial charge in [0.05, 0.1) is 0 Å². The Bertz CT molecular complexity index is 463. The number of anilines is 1. The molecule has 0 saturated heterocycles. The predicted molar refractivity (Wildman–Crippen MR) is 76.1 cm³/mol. The largest absolute Gasteiger partial charge is 0.383 e. The number of unbranched alkanes of at least 4 members (excludes halogenated alkanes) is 2. The van der Waals surface area contributed by atoms with Gasteiger partial charge in [-0.2, -0.15) is 11.8 Å². The van der Waals surface area contributed by atoms with Crippen molar-refractivity contribution in [3.63, 3.8) is 0 Å². The Morgan fingerprint density at radius 3 is 2.83 bits per heavy atom. The number of nitrogens with two attached hydrogens (primary N) is 1. The molecule has 1 aromatic heterocycles. The van der Waals surface area contributed by atoms with Gasteiger partial charge in [0.1, 0.15) is 10.7 Å². The summed E-state index contributed by atoms with van der Waals surface area (Å²) in [4.78, 5) is 3.82. The van der Waals surface area contributed by atoms with E-state index in [1.807, 2.05) is 0 Å². The first-order valence-corrected chi connectivity index (χ1v) is 8.64. The van der Waals surface area contributed by atoms with Gasteiger partial charge in [-0.1, -0.05) is 6.42 Å². The highest BCUT2D eigenvalue weighted by molar-refractivity contribution is 7.98. The van der Waals surface area contributed by atoms with Crippen molar-refractivity contribution in [1.29, 1.82) is 0 Å². The van der Waals surface area contributed by atoms with E-state index in [9.17, 15) is 8.42 Å². The van der Waals surface area contributed by atoms with Crippen LogP contribution in [0.15, 0.2) is 23.2 Å². The molecule has 1 rings (SSSR count). The molecule has 0 amide bonds. The molecule has 0 aliphatic heterocycles. The monoisotopic (exact) mass is 289 g/mol. The van der Waals surface area contributed by atoms with E-state index in [2.05, 4.69) is 16.0 Å². The van der Waals surface area contributed by atoms with Crippen molar-refractivity contribution >= 4 is 27.6 Å². The van der Waals surface area contributed by atoms with E-state index in [4.69, 9.17) is 5.73 Å². The van der Waals surface area contributed by atoms with Crippen LogP contribution in [0.25, 0.3) is 0 Å². The molecule has 0 radical (unpaired) electrons. The molecule has 0 aromatic carbocycles. The van der Waals surface area contributed by atoms with Crippen molar-refractivity contribution in [1.82, 2.24) is 9.71 Å².